The summed E-state index contributed by atoms with van der Waals surface area (Å²) >= 11 is 0. The third-order valence-corrected chi connectivity index (χ3v) is 6.01. The quantitative estimate of drug-likeness (QED) is 0.671. The fraction of sp³-hybridized carbons (Fsp3) is 0.680. The number of benzene rings is 1. The van der Waals surface area contributed by atoms with Crippen LogP contribution in [0.25, 0.3) is 0 Å². The zero-order valence-electron chi connectivity index (χ0n) is 19.8. The number of amides is 2. The van der Waals surface area contributed by atoms with E-state index in [0.29, 0.717) is 5.56 Å². The number of nitrogens with zero attached hydrogens (tertiary/aromatic N) is 1. The van der Waals surface area contributed by atoms with Crippen molar-refractivity contribution in [3.05, 3.63) is 35.4 Å². The number of hydrogen-bond acceptors (Lipinski definition) is 3. The summed E-state index contributed by atoms with van der Waals surface area (Å²) < 4.78 is 0. The Hall–Kier alpha value is -1.88. The monoisotopic (exact) mass is 415 g/mol. The molecule has 5 heteroatoms. The zero-order chi connectivity index (χ0) is 22.3. The van der Waals surface area contributed by atoms with Gasteiger partial charge >= 0.3 is 0 Å². The van der Waals surface area contributed by atoms with Crippen LogP contribution in [0.1, 0.15) is 83.1 Å². The van der Waals surface area contributed by atoms with Gasteiger partial charge in [-0.05, 0) is 54.8 Å². The minimum absolute atomic E-state index is 0.0208. The second kappa shape index (κ2) is 10.9. The number of hydrogen-bond donors (Lipinski definition) is 2. The van der Waals surface area contributed by atoms with E-state index in [9.17, 15) is 9.59 Å². The van der Waals surface area contributed by atoms with E-state index >= 15 is 0 Å². The maximum atomic E-state index is 12.9. The van der Waals surface area contributed by atoms with Gasteiger partial charge in [0, 0.05) is 24.7 Å². The number of unbranched alkanes of at least 4 members (excludes halogenated alkanes) is 1. The van der Waals surface area contributed by atoms with Crippen LogP contribution in [0.5, 0.6) is 0 Å². The van der Waals surface area contributed by atoms with Crippen LogP contribution in [0.4, 0.5) is 0 Å². The molecule has 0 spiro atoms. The molecule has 0 aromatic heterocycles. The van der Waals surface area contributed by atoms with Crippen molar-refractivity contribution in [3.8, 4) is 0 Å². The van der Waals surface area contributed by atoms with E-state index in [4.69, 9.17) is 0 Å². The van der Waals surface area contributed by atoms with Crippen molar-refractivity contribution in [1.82, 2.24) is 15.5 Å². The molecule has 1 aromatic rings. The highest BCUT2D eigenvalue weighted by atomic mass is 16.2. The molecule has 1 aliphatic heterocycles. The molecule has 0 aliphatic carbocycles. The lowest BCUT2D eigenvalue weighted by Gasteiger charge is -2.33. The van der Waals surface area contributed by atoms with E-state index in [1.165, 1.54) is 18.4 Å². The Labute approximate surface area is 183 Å². The van der Waals surface area contributed by atoms with Crippen LogP contribution in [0.3, 0.4) is 0 Å². The van der Waals surface area contributed by atoms with E-state index in [-0.39, 0.29) is 29.2 Å². The van der Waals surface area contributed by atoms with Gasteiger partial charge in [-0.3, -0.25) is 9.59 Å². The van der Waals surface area contributed by atoms with Crippen LogP contribution >= 0.6 is 0 Å². The van der Waals surface area contributed by atoms with Crippen LogP contribution in [0.15, 0.2) is 24.3 Å². The molecule has 0 bridgehead atoms. The van der Waals surface area contributed by atoms with Gasteiger partial charge in [-0.1, -0.05) is 60.1 Å². The Balaban J connectivity index is 1.92. The second-order valence-corrected chi connectivity index (χ2v) is 10.0. The molecule has 0 saturated carbocycles. The van der Waals surface area contributed by atoms with Crippen molar-refractivity contribution in [2.45, 2.75) is 84.7 Å². The highest BCUT2D eigenvalue weighted by Gasteiger charge is 2.28. The molecule has 30 heavy (non-hydrogen) atoms. The van der Waals surface area contributed by atoms with Crippen molar-refractivity contribution in [1.29, 1.82) is 0 Å². The first-order valence-electron chi connectivity index (χ1n) is 11.6. The van der Waals surface area contributed by atoms with Crippen molar-refractivity contribution >= 4 is 11.8 Å². The summed E-state index contributed by atoms with van der Waals surface area (Å²) in [6.45, 7) is 15.8. The van der Waals surface area contributed by atoms with Crippen LogP contribution in [0, 0.1) is 5.92 Å². The number of carbonyl (C=O) groups excluding carboxylic acids is 2. The van der Waals surface area contributed by atoms with Crippen LogP contribution in [-0.2, 0) is 10.2 Å². The van der Waals surface area contributed by atoms with Gasteiger partial charge in [0.15, 0.2) is 0 Å². The SMILES string of the molecule is CCCCN1CCC(NC(=O)C(NC(=O)c2ccc(C(C)(C)C)cc2)C(C)C)CC1. The van der Waals surface area contributed by atoms with Gasteiger partial charge in [0.2, 0.25) is 5.91 Å². The molecule has 2 N–H and O–H groups in total. The Bertz CT molecular complexity index is 683. The fourth-order valence-electron chi connectivity index (χ4n) is 3.85. The molecule has 168 valence electrons. The number of rotatable bonds is 8. The average molecular weight is 416 g/mol. The molecule has 1 atom stereocenters. The Morgan fingerprint density at radius 1 is 1.10 bits per heavy atom. The number of piperidine rings is 1. The zero-order valence-corrected chi connectivity index (χ0v) is 19.8. The third kappa shape index (κ3) is 7.12. The average Bonchev–Trinajstić information content (AvgIpc) is 2.70. The molecule has 1 fully saturated rings. The summed E-state index contributed by atoms with van der Waals surface area (Å²) in [5.74, 6) is -0.247. The van der Waals surface area contributed by atoms with Crippen LogP contribution in [-0.4, -0.2) is 48.4 Å². The minimum Gasteiger partial charge on any atom is -0.351 e. The molecule has 1 aliphatic rings. The molecular formula is C25H41N3O2. The Morgan fingerprint density at radius 3 is 2.20 bits per heavy atom. The number of carbonyl (C=O) groups is 2. The van der Waals surface area contributed by atoms with Gasteiger partial charge in [0.1, 0.15) is 6.04 Å². The summed E-state index contributed by atoms with van der Waals surface area (Å²) in [6, 6.07) is 7.34. The summed E-state index contributed by atoms with van der Waals surface area (Å²) in [7, 11) is 0. The standard InChI is InChI=1S/C25H41N3O2/c1-7-8-15-28-16-13-21(14-17-28)26-24(30)22(18(2)3)27-23(29)19-9-11-20(12-10-19)25(4,5)6/h9-12,18,21-22H,7-8,13-17H2,1-6H3,(H,26,30)(H,27,29). The lowest BCUT2D eigenvalue weighted by Crippen LogP contribution is -2.54. The van der Waals surface area contributed by atoms with Crippen molar-refractivity contribution in [2.75, 3.05) is 19.6 Å². The van der Waals surface area contributed by atoms with E-state index in [0.717, 1.165) is 32.5 Å². The molecule has 1 unspecified atom stereocenters. The van der Waals surface area contributed by atoms with E-state index in [1.807, 2.05) is 38.1 Å². The second-order valence-electron chi connectivity index (χ2n) is 10.0. The molecule has 5 nitrogen and oxygen atoms in total. The summed E-state index contributed by atoms with van der Waals surface area (Å²) in [4.78, 5) is 28.2. The predicted octanol–water partition coefficient (Wildman–Crippen LogP) is 4.12. The van der Waals surface area contributed by atoms with Crippen LogP contribution in [0.2, 0.25) is 0 Å². The lowest BCUT2D eigenvalue weighted by atomic mass is 9.86. The normalized spacial score (nSPS) is 17.0. The van der Waals surface area contributed by atoms with E-state index in [2.05, 4.69) is 43.2 Å². The summed E-state index contributed by atoms with van der Waals surface area (Å²) in [5, 5.41) is 6.14. The molecule has 1 saturated heterocycles. The first-order valence-corrected chi connectivity index (χ1v) is 11.6. The molecular weight excluding hydrogens is 374 g/mol. The topological polar surface area (TPSA) is 61.4 Å². The number of likely N-dealkylation sites (tertiary alicyclic amines) is 1. The van der Waals surface area contributed by atoms with Gasteiger partial charge in [-0.2, -0.15) is 0 Å². The first-order chi connectivity index (χ1) is 14.1. The largest absolute Gasteiger partial charge is 0.351 e. The smallest absolute Gasteiger partial charge is 0.251 e. The van der Waals surface area contributed by atoms with Crippen molar-refractivity contribution in [2.24, 2.45) is 5.92 Å². The number of nitrogens with one attached hydrogen (secondary N) is 2. The molecule has 0 radical (unpaired) electrons. The minimum atomic E-state index is -0.530. The van der Waals surface area contributed by atoms with Gasteiger partial charge in [0.25, 0.3) is 5.91 Å². The molecule has 1 heterocycles. The van der Waals surface area contributed by atoms with E-state index < -0.39 is 6.04 Å². The third-order valence-electron chi connectivity index (χ3n) is 6.01. The van der Waals surface area contributed by atoms with Gasteiger partial charge < -0.3 is 15.5 Å². The molecule has 1 aromatic carbocycles. The maximum Gasteiger partial charge on any atom is 0.251 e. The summed E-state index contributed by atoms with van der Waals surface area (Å²) in [6.07, 6.45) is 4.39. The van der Waals surface area contributed by atoms with Crippen molar-refractivity contribution < 1.29 is 9.59 Å². The fourth-order valence-corrected chi connectivity index (χ4v) is 3.85. The maximum absolute atomic E-state index is 12.9. The van der Waals surface area contributed by atoms with Gasteiger partial charge in [-0.15, -0.1) is 0 Å². The highest BCUT2D eigenvalue weighted by Crippen LogP contribution is 2.22. The van der Waals surface area contributed by atoms with E-state index in [1.54, 1.807) is 0 Å². The highest BCUT2D eigenvalue weighted by molar-refractivity contribution is 5.97. The van der Waals surface area contributed by atoms with Gasteiger partial charge in [0.05, 0.1) is 0 Å². The molecule has 2 rings (SSSR count). The van der Waals surface area contributed by atoms with Gasteiger partial charge in [-0.25, -0.2) is 0 Å². The first kappa shape index (κ1) is 24.4. The van der Waals surface area contributed by atoms with Crippen molar-refractivity contribution in [3.63, 3.8) is 0 Å². The Morgan fingerprint density at radius 2 is 1.70 bits per heavy atom. The lowest BCUT2D eigenvalue weighted by molar-refractivity contribution is -0.125. The summed E-state index contributed by atoms with van der Waals surface area (Å²) in [5.41, 5.74) is 1.81. The molecule has 2 amide bonds. The predicted molar refractivity (Wildman–Crippen MR) is 124 cm³/mol. The Kier molecular flexibility index (Phi) is 8.90. The van der Waals surface area contributed by atoms with Crippen LogP contribution < -0.4 is 10.6 Å².